The maximum Gasteiger partial charge on any atom is 0.248 e. The van der Waals surface area contributed by atoms with Gasteiger partial charge in [-0.05, 0) is 44.1 Å². The Bertz CT molecular complexity index is 420. The summed E-state index contributed by atoms with van der Waals surface area (Å²) in [5, 5.41) is 4.97. The van der Waals surface area contributed by atoms with Crippen molar-refractivity contribution >= 4 is 39.4 Å². The van der Waals surface area contributed by atoms with Crippen LogP contribution in [-0.2, 0) is 4.79 Å². The van der Waals surface area contributed by atoms with E-state index in [2.05, 4.69) is 19.9 Å². The van der Waals surface area contributed by atoms with Crippen LogP contribution in [0, 0.1) is 0 Å². The lowest BCUT2D eigenvalue weighted by atomic mass is 10.1. The van der Waals surface area contributed by atoms with E-state index in [9.17, 15) is 4.79 Å². The number of carbonyl (C=O) groups excluding carboxylic acids is 1. The minimum absolute atomic E-state index is 0.0207. The largest absolute Gasteiger partial charge is 0.284 e. The van der Waals surface area contributed by atoms with Gasteiger partial charge in [0.05, 0.1) is 6.67 Å². The number of piperidine rings is 1. The van der Waals surface area contributed by atoms with Gasteiger partial charge in [0.25, 0.3) is 0 Å². The van der Waals surface area contributed by atoms with Crippen LogP contribution in [0.3, 0.4) is 0 Å². The van der Waals surface area contributed by atoms with Crippen LogP contribution in [0.2, 0.25) is 0 Å². The van der Waals surface area contributed by atoms with Crippen molar-refractivity contribution in [2.75, 3.05) is 26.3 Å². The fraction of sp³-hybridized carbons (Fsp3) is 0.750. The Morgan fingerprint density at radius 3 is 2.74 bits per heavy atom. The Morgan fingerprint density at radius 1 is 1.16 bits per heavy atom. The molecule has 0 unspecified atom stereocenters. The number of carbonyl (C=O) groups is 1. The van der Waals surface area contributed by atoms with Gasteiger partial charge in [0.15, 0.2) is 9.49 Å². The average molecular weight is 298 g/mol. The van der Waals surface area contributed by atoms with Crippen LogP contribution in [0.4, 0.5) is 0 Å². The highest BCUT2D eigenvalue weighted by Crippen LogP contribution is 2.29. The zero-order valence-electron chi connectivity index (χ0n) is 10.9. The molecule has 0 aromatic heterocycles. The molecule has 0 aromatic carbocycles. The molecule has 7 heteroatoms. The van der Waals surface area contributed by atoms with Gasteiger partial charge >= 0.3 is 0 Å². The quantitative estimate of drug-likeness (QED) is 0.722. The minimum atomic E-state index is -0.0207. The molecule has 0 spiro atoms. The van der Waals surface area contributed by atoms with Crippen molar-refractivity contribution in [1.82, 2.24) is 14.9 Å². The number of hydrogen-bond acceptors (Lipinski definition) is 5. The van der Waals surface area contributed by atoms with Gasteiger partial charge < -0.3 is 0 Å². The van der Waals surface area contributed by atoms with Gasteiger partial charge in [-0.3, -0.25) is 19.7 Å². The van der Waals surface area contributed by atoms with Gasteiger partial charge in [-0.25, -0.2) is 0 Å². The predicted octanol–water partition coefficient (Wildman–Crippen LogP) is 1.66. The summed E-state index contributed by atoms with van der Waals surface area (Å²) in [6.07, 6.45) is 5.28. The second-order valence-electron chi connectivity index (χ2n) is 5.10. The number of aliphatic imine (C=N–C) groups is 1. The molecule has 0 atom stereocenters. The summed E-state index contributed by atoms with van der Waals surface area (Å²) < 4.78 is 0.819. The zero-order chi connectivity index (χ0) is 13.2. The molecule has 0 N–H and O–H groups in total. The lowest BCUT2D eigenvalue weighted by Gasteiger charge is -2.35. The van der Waals surface area contributed by atoms with Crippen LogP contribution < -0.4 is 0 Å². The van der Waals surface area contributed by atoms with Crippen LogP contribution in [0.25, 0.3) is 0 Å². The summed E-state index contributed by atoms with van der Waals surface area (Å²) in [4.78, 5) is 18.1. The van der Waals surface area contributed by atoms with Crippen LogP contribution in [0.1, 0.15) is 32.1 Å². The molecule has 5 nitrogen and oxygen atoms in total. The summed E-state index contributed by atoms with van der Waals surface area (Å²) >= 11 is 6.88. The fourth-order valence-electron chi connectivity index (χ4n) is 2.65. The number of hydrogen-bond donors (Lipinski definition) is 0. The first-order valence-corrected chi connectivity index (χ1v) is 8.07. The Morgan fingerprint density at radius 2 is 1.95 bits per heavy atom. The molecule has 104 valence electrons. The molecule has 3 rings (SSSR count). The van der Waals surface area contributed by atoms with E-state index in [1.807, 2.05) is 0 Å². The first-order chi connectivity index (χ1) is 9.24. The topological polar surface area (TPSA) is 39.2 Å². The third kappa shape index (κ3) is 2.93. The number of amides is 1. The maximum absolute atomic E-state index is 11.5. The molecular weight excluding hydrogens is 280 g/mol. The average Bonchev–Trinajstić information content (AvgIpc) is 2.58. The third-order valence-electron chi connectivity index (χ3n) is 3.67. The number of hydrazine groups is 1. The number of nitrogens with zero attached hydrogens (tertiary/aromatic N) is 4. The minimum Gasteiger partial charge on any atom is -0.284 e. The number of thiocarbonyl (C=S) groups is 1. The van der Waals surface area contributed by atoms with Gasteiger partial charge in [0.2, 0.25) is 5.91 Å². The van der Waals surface area contributed by atoms with E-state index in [1.165, 1.54) is 31.0 Å². The number of fused-ring (bicyclic) bond motifs is 1. The lowest BCUT2D eigenvalue weighted by molar-refractivity contribution is -0.117. The van der Waals surface area contributed by atoms with E-state index < -0.39 is 0 Å². The van der Waals surface area contributed by atoms with Gasteiger partial charge in [-0.15, -0.1) is 0 Å². The second-order valence-corrected chi connectivity index (χ2v) is 6.70. The summed E-state index contributed by atoms with van der Waals surface area (Å²) in [7, 11) is 0. The maximum atomic E-state index is 11.5. The molecule has 3 aliphatic heterocycles. The smallest absolute Gasteiger partial charge is 0.248 e. The van der Waals surface area contributed by atoms with Crippen molar-refractivity contribution in [3.63, 3.8) is 0 Å². The molecule has 2 fully saturated rings. The molecular formula is C12H18N4OS2. The molecule has 0 aliphatic carbocycles. The number of likely N-dealkylation sites (tertiary alicyclic amines) is 1. The SMILES string of the molecule is O=C1CCCN2C(=N1)SC(=S)N2CN1CCCCC1. The molecule has 0 bridgehead atoms. The third-order valence-corrected chi connectivity index (χ3v) is 5.00. The molecule has 0 radical (unpaired) electrons. The van der Waals surface area contributed by atoms with Gasteiger partial charge in [0.1, 0.15) is 0 Å². The van der Waals surface area contributed by atoms with Crippen LogP contribution in [0.5, 0.6) is 0 Å². The Labute approximate surface area is 123 Å². The number of rotatable bonds is 2. The predicted molar refractivity (Wildman–Crippen MR) is 80.7 cm³/mol. The van der Waals surface area contributed by atoms with E-state index >= 15 is 0 Å². The lowest BCUT2D eigenvalue weighted by Crippen LogP contribution is -2.48. The van der Waals surface area contributed by atoms with Crippen molar-refractivity contribution in [2.45, 2.75) is 32.1 Å². The van der Waals surface area contributed by atoms with Gasteiger partial charge in [0, 0.05) is 13.0 Å². The van der Waals surface area contributed by atoms with Crippen molar-refractivity contribution in [3.8, 4) is 0 Å². The van der Waals surface area contributed by atoms with Crippen molar-refractivity contribution in [1.29, 1.82) is 0 Å². The highest BCUT2D eigenvalue weighted by molar-refractivity contribution is 8.33. The Kier molecular flexibility index (Phi) is 4.04. The van der Waals surface area contributed by atoms with E-state index in [-0.39, 0.29) is 5.91 Å². The summed E-state index contributed by atoms with van der Waals surface area (Å²) in [5.74, 6) is -0.0207. The Balaban J connectivity index is 1.72. The summed E-state index contributed by atoms with van der Waals surface area (Å²) in [6, 6.07) is 0. The van der Waals surface area contributed by atoms with Crippen LogP contribution in [-0.4, -0.2) is 56.6 Å². The van der Waals surface area contributed by atoms with Crippen LogP contribution in [0.15, 0.2) is 4.99 Å². The second kappa shape index (κ2) is 5.76. The molecule has 3 aliphatic rings. The molecule has 19 heavy (non-hydrogen) atoms. The van der Waals surface area contributed by atoms with Gasteiger partial charge in [-0.2, -0.15) is 4.99 Å². The molecule has 2 saturated heterocycles. The first kappa shape index (κ1) is 13.3. The van der Waals surface area contributed by atoms with Crippen LogP contribution >= 0.6 is 24.0 Å². The van der Waals surface area contributed by atoms with Crippen molar-refractivity contribution in [2.24, 2.45) is 4.99 Å². The van der Waals surface area contributed by atoms with E-state index in [1.54, 1.807) is 0 Å². The molecule has 0 aromatic rings. The normalized spacial score (nSPS) is 25.4. The monoisotopic (exact) mass is 298 g/mol. The zero-order valence-corrected chi connectivity index (χ0v) is 12.5. The van der Waals surface area contributed by atoms with Gasteiger partial charge in [-0.1, -0.05) is 18.6 Å². The number of thioether (sulfide) groups is 1. The standard InChI is InChI=1S/C12H18N4OS2/c17-10-5-4-8-15-11(13-10)19-12(18)16(15)9-14-6-2-1-3-7-14/h1-9H2. The molecule has 3 heterocycles. The van der Waals surface area contributed by atoms with E-state index in [0.717, 1.165) is 42.2 Å². The summed E-state index contributed by atoms with van der Waals surface area (Å²) in [6.45, 7) is 3.96. The number of amidine groups is 1. The fourth-order valence-corrected chi connectivity index (χ4v) is 3.89. The highest BCUT2D eigenvalue weighted by atomic mass is 32.2. The highest BCUT2D eigenvalue weighted by Gasteiger charge is 2.35. The summed E-state index contributed by atoms with van der Waals surface area (Å²) in [5.41, 5.74) is 0. The van der Waals surface area contributed by atoms with E-state index in [4.69, 9.17) is 12.2 Å². The molecule has 0 saturated carbocycles. The Hall–Kier alpha value is -0.660. The first-order valence-electron chi connectivity index (χ1n) is 6.85. The van der Waals surface area contributed by atoms with Crippen molar-refractivity contribution in [3.05, 3.63) is 0 Å². The van der Waals surface area contributed by atoms with Crippen molar-refractivity contribution < 1.29 is 4.79 Å². The molecule has 1 amide bonds. The van der Waals surface area contributed by atoms with E-state index in [0.29, 0.717) is 6.42 Å².